The van der Waals surface area contributed by atoms with Gasteiger partial charge in [0.2, 0.25) is 0 Å². The van der Waals surface area contributed by atoms with Gasteiger partial charge < -0.3 is 10.3 Å². The maximum absolute atomic E-state index is 6.24. The molecule has 0 aromatic carbocycles. The summed E-state index contributed by atoms with van der Waals surface area (Å²) in [5, 5.41) is 0. The van der Waals surface area contributed by atoms with Crippen LogP contribution in [-0.4, -0.2) is 9.55 Å². The maximum atomic E-state index is 6.24. The molecular weight excluding hydrogens is 258 g/mol. The molecule has 0 aliphatic heterocycles. The quantitative estimate of drug-likeness (QED) is 0.507. The van der Waals surface area contributed by atoms with Crippen LogP contribution < -0.4 is 5.73 Å². The van der Waals surface area contributed by atoms with E-state index < -0.39 is 0 Å². The molecule has 1 atom stereocenters. The normalized spacial score (nSPS) is 12.7. The predicted molar refractivity (Wildman–Crippen MR) is 91.3 cm³/mol. The second-order valence-electron chi connectivity index (χ2n) is 6.20. The number of hydrogen-bond acceptors (Lipinski definition) is 2. The molecule has 21 heavy (non-hydrogen) atoms. The first-order valence-corrected chi connectivity index (χ1v) is 9.06. The van der Waals surface area contributed by atoms with Gasteiger partial charge in [0.15, 0.2) is 0 Å². The molecule has 122 valence electrons. The van der Waals surface area contributed by atoms with Crippen LogP contribution in [0.5, 0.6) is 0 Å². The number of nitrogens with two attached hydrogens (primary N) is 1. The number of imidazole rings is 1. The Balaban J connectivity index is 2.16. The molecule has 3 nitrogen and oxygen atoms in total. The topological polar surface area (TPSA) is 43.8 Å². The second kappa shape index (κ2) is 11.8. The molecule has 0 amide bonds. The van der Waals surface area contributed by atoms with Gasteiger partial charge in [-0.2, -0.15) is 0 Å². The highest BCUT2D eigenvalue weighted by Crippen LogP contribution is 2.16. The summed E-state index contributed by atoms with van der Waals surface area (Å²) in [5.74, 6) is 1.08. The van der Waals surface area contributed by atoms with Crippen molar-refractivity contribution in [1.29, 1.82) is 0 Å². The van der Waals surface area contributed by atoms with Crippen molar-refractivity contribution in [1.82, 2.24) is 9.55 Å². The molecule has 1 rings (SSSR count). The van der Waals surface area contributed by atoms with Crippen LogP contribution in [0.3, 0.4) is 0 Å². The lowest BCUT2D eigenvalue weighted by molar-refractivity contribution is 0.503. The average molecular weight is 293 g/mol. The number of nitrogens with zero attached hydrogens (tertiary/aromatic N) is 2. The number of aromatic nitrogens is 2. The van der Waals surface area contributed by atoms with Gasteiger partial charge in [-0.05, 0) is 12.8 Å². The van der Waals surface area contributed by atoms with Gasteiger partial charge in [-0.1, -0.05) is 71.6 Å². The molecule has 0 fully saturated rings. The van der Waals surface area contributed by atoms with E-state index in [4.69, 9.17) is 5.73 Å². The van der Waals surface area contributed by atoms with E-state index >= 15 is 0 Å². The summed E-state index contributed by atoms with van der Waals surface area (Å²) < 4.78 is 2.26. The van der Waals surface area contributed by atoms with Crippen LogP contribution in [0.1, 0.15) is 96.3 Å². The largest absolute Gasteiger partial charge is 0.334 e. The Kier molecular flexibility index (Phi) is 10.2. The summed E-state index contributed by atoms with van der Waals surface area (Å²) in [6, 6.07) is 0.106. The Morgan fingerprint density at radius 3 is 2.24 bits per heavy atom. The fraction of sp³-hybridized carbons (Fsp3) is 0.833. The van der Waals surface area contributed by atoms with Crippen LogP contribution in [0.2, 0.25) is 0 Å². The monoisotopic (exact) mass is 293 g/mol. The number of unbranched alkanes of at least 4 members (excludes halogenated alkanes) is 8. The minimum atomic E-state index is 0.106. The SMILES string of the molecule is CCCCCCCCCCn1ccnc1C(N)CCCC. The molecule has 1 heterocycles. The van der Waals surface area contributed by atoms with Gasteiger partial charge in [0.25, 0.3) is 0 Å². The van der Waals surface area contributed by atoms with E-state index in [1.54, 1.807) is 0 Å². The lowest BCUT2D eigenvalue weighted by atomic mass is 10.1. The van der Waals surface area contributed by atoms with E-state index in [-0.39, 0.29) is 6.04 Å². The number of hydrogen-bond donors (Lipinski definition) is 1. The van der Waals surface area contributed by atoms with Crippen LogP contribution in [0, 0.1) is 0 Å². The third kappa shape index (κ3) is 7.66. The lowest BCUT2D eigenvalue weighted by Crippen LogP contribution is -2.16. The van der Waals surface area contributed by atoms with Crippen LogP contribution in [-0.2, 0) is 6.54 Å². The Morgan fingerprint density at radius 2 is 1.57 bits per heavy atom. The molecular formula is C18H35N3. The van der Waals surface area contributed by atoms with E-state index in [9.17, 15) is 0 Å². The van der Waals surface area contributed by atoms with E-state index in [1.165, 1.54) is 64.2 Å². The van der Waals surface area contributed by atoms with E-state index in [1.807, 2.05) is 6.20 Å². The van der Waals surface area contributed by atoms with Crippen LogP contribution in [0.4, 0.5) is 0 Å². The first kappa shape index (κ1) is 18.2. The molecule has 1 aromatic heterocycles. The minimum absolute atomic E-state index is 0.106. The Hall–Kier alpha value is -0.830. The van der Waals surface area contributed by atoms with Crippen molar-refractivity contribution in [2.75, 3.05) is 0 Å². The van der Waals surface area contributed by atoms with E-state index in [0.717, 1.165) is 18.8 Å². The number of rotatable bonds is 13. The Bertz CT molecular complexity index is 346. The van der Waals surface area contributed by atoms with Gasteiger partial charge in [0, 0.05) is 18.9 Å². The van der Waals surface area contributed by atoms with Crippen molar-refractivity contribution in [3.63, 3.8) is 0 Å². The molecule has 0 bridgehead atoms. The average Bonchev–Trinajstić information content (AvgIpc) is 2.96. The molecule has 1 unspecified atom stereocenters. The summed E-state index contributed by atoms with van der Waals surface area (Å²) >= 11 is 0. The van der Waals surface area contributed by atoms with Gasteiger partial charge >= 0.3 is 0 Å². The summed E-state index contributed by atoms with van der Waals surface area (Å²) in [4.78, 5) is 4.46. The molecule has 0 aliphatic carbocycles. The van der Waals surface area contributed by atoms with Crippen LogP contribution in [0.25, 0.3) is 0 Å². The molecule has 2 N–H and O–H groups in total. The lowest BCUT2D eigenvalue weighted by Gasteiger charge is -2.13. The molecule has 3 heteroatoms. The van der Waals surface area contributed by atoms with Crippen LogP contribution >= 0.6 is 0 Å². The molecule has 1 aromatic rings. The first-order chi connectivity index (χ1) is 10.3. The standard InChI is InChI=1S/C18H35N3/c1-3-5-7-8-9-10-11-12-15-21-16-14-20-18(21)17(19)13-6-4-2/h14,16-17H,3-13,15,19H2,1-2H3. The molecule has 0 radical (unpaired) electrons. The van der Waals surface area contributed by atoms with Gasteiger partial charge in [-0.25, -0.2) is 4.98 Å². The zero-order valence-electron chi connectivity index (χ0n) is 14.2. The Morgan fingerprint density at radius 1 is 0.952 bits per heavy atom. The van der Waals surface area contributed by atoms with Gasteiger partial charge in [-0.15, -0.1) is 0 Å². The van der Waals surface area contributed by atoms with Crippen molar-refractivity contribution in [3.05, 3.63) is 18.2 Å². The predicted octanol–water partition coefficient (Wildman–Crippen LogP) is 5.21. The van der Waals surface area contributed by atoms with Crippen LogP contribution in [0.15, 0.2) is 12.4 Å². The zero-order valence-corrected chi connectivity index (χ0v) is 14.2. The van der Waals surface area contributed by atoms with Crippen molar-refractivity contribution in [2.24, 2.45) is 5.73 Å². The van der Waals surface area contributed by atoms with Gasteiger partial charge in [0.1, 0.15) is 5.82 Å². The molecule has 0 saturated heterocycles. The van der Waals surface area contributed by atoms with E-state index in [0.29, 0.717) is 0 Å². The second-order valence-corrected chi connectivity index (χ2v) is 6.20. The third-order valence-electron chi connectivity index (χ3n) is 4.20. The zero-order chi connectivity index (χ0) is 15.3. The molecule has 0 aliphatic rings. The highest BCUT2D eigenvalue weighted by molar-refractivity contribution is 4.98. The highest BCUT2D eigenvalue weighted by Gasteiger charge is 2.11. The summed E-state index contributed by atoms with van der Waals surface area (Å²) in [6.07, 6.45) is 18.3. The van der Waals surface area contributed by atoms with Gasteiger partial charge in [0.05, 0.1) is 6.04 Å². The van der Waals surface area contributed by atoms with Crippen molar-refractivity contribution in [2.45, 2.75) is 97.1 Å². The van der Waals surface area contributed by atoms with Gasteiger partial charge in [-0.3, -0.25) is 0 Å². The summed E-state index contributed by atoms with van der Waals surface area (Å²) in [7, 11) is 0. The number of aryl methyl sites for hydroxylation is 1. The summed E-state index contributed by atoms with van der Waals surface area (Å²) in [6.45, 7) is 5.55. The first-order valence-electron chi connectivity index (χ1n) is 9.06. The fourth-order valence-electron chi connectivity index (χ4n) is 2.81. The van der Waals surface area contributed by atoms with Crippen molar-refractivity contribution >= 4 is 0 Å². The maximum Gasteiger partial charge on any atom is 0.125 e. The smallest absolute Gasteiger partial charge is 0.125 e. The minimum Gasteiger partial charge on any atom is -0.334 e. The van der Waals surface area contributed by atoms with Crippen molar-refractivity contribution < 1.29 is 0 Å². The molecule has 0 saturated carbocycles. The molecule has 0 spiro atoms. The fourth-order valence-corrected chi connectivity index (χ4v) is 2.81. The summed E-state index contributed by atoms with van der Waals surface area (Å²) in [5.41, 5.74) is 6.24. The van der Waals surface area contributed by atoms with Crippen molar-refractivity contribution in [3.8, 4) is 0 Å². The highest BCUT2D eigenvalue weighted by atomic mass is 15.1. The van der Waals surface area contributed by atoms with E-state index in [2.05, 4.69) is 29.6 Å². The third-order valence-corrected chi connectivity index (χ3v) is 4.20. The Labute approximate surface area is 131 Å².